The molecule has 1 atom stereocenters. The van der Waals surface area contributed by atoms with Crippen LogP contribution in [0.1, 0.15) is 28.8 Å². The number of aryl methyl sites for hydroxylation is 2. The van der Waals surface area contributed by atoms with Crippen molar-refractivity contribution >= 4 is 16.8 Å². The van der Waals surface area contributed by atoms with Gasteiger partial charge in [0.05, 0.1) is 17.3 Å². The van der Waals surface area contributed by atoms with Crippen LogP contribution in [0.4, 0.5) is 4.39 Å². The number of pyridine rings is 1. The molecule has 1 fully saturated rings. The summed E-state index contributed by atoms with van der Waals surface area (Å²) in [6.45, 7) is 3.45. The lowest BCUT2D eigenvalue weighted by molar-refractivity contribution is 0.0786. The van der Waals surface area contributed by atoms with Crippen molar-refractivity contribution in [3.05, 3.63) is 71.9 Å². The van der Waals surface area contributed by atoms with E-state index in [0.29, 0.717) is 23.2 Å². The monoisotopic (exact) mass is 457 g/mol. The molecule has 174 valence electrons. The number of aromatic nitrogens is 3. The Kier molecular flexibility index (Phi) is 5.87. The normalized spacial score (nSPS) is 15.7. The maximum atomic E-state index is 14.3. The molecule has 2 aromatic heterocycles. The summed E-state index contributed by atoms with van der Waals surface area (Å²) in [5.74, 6) is -0.428. The van der Waals surface area contributed by atoms with Crippen LogP contribution in [0.2, 0.25) is 0 Å². The molecule has 4 aromatic rings. The Balaban J connectivity index is 1.68. The third-order valence-electron chi connectivity index (χ3n) is 6.48. The lowest BCUT2D eigenvalue weighted by Crippen LogP contribution is -2.38. The molecule has 0 radical (unpaired) electrons. The number of hydrogen-bond acceptors (Lipinski definition) is 4. The van der Waals surface area contributed by atoms with Crippen molar-refractivity contribution in [3.63, 3.8) is 0 Å². The lowest BCUT2D eigenvalue weighted by Gasteiger charge is -2.24. The van der Waals surface area contributed by atoms with E-state index in [1.807, 2.05) is 51.5 Å². The third-order valence-corrected chi connectivity index (χ3v) is 6.48. The minimum absolute atomic E-state index is 0.0960. The van der Waals surface area contributed by atoms with Crippen LogP contribution in [-0.2, 0) is 7.05 Å². The van der Waals surface area contributed by atoms with Gasteiger partial charge in [-0.25, -0.2) is 4.39 Å². The molecule has 1 aliphatic rings. The average molecular weight is 458 g/mol. The van der Waals surface area contributed by atoms with E-state index in [4.69, 9.17) is 0 Å². The molecule has 1 N–H and O–H groups in total. The highest BCUT2D eigenvalue weighted by atomic mass is 19.1. The first kappa shape index (κ1) is 22.2. The molecule has 0 saturated carbocycles. The van der Waals surface area contributed by atoms with Crippen molar-refractivity contribution < 1.29 is 9.18 Å². The summed E-state index contributed by atoms with van der Waals surface area (Å²) in [6, 6.07) is 11.0. The minimum Gasteiger partial charge on any atom is -0.340 e. The summed E-state index contributed by atoms with van der Waals surface area (Å²) in [4.78, 5) is 20.3. The van der Waals surface area contributed by atoms with Gasteiger partial charge in [0.1, 0.15) is 5.82 Å². The molecule has 2 aromatic carbocycles. The van der Waals surface area contributed by atoms with E-state index < -0.39 is 0 Å². The zero-order chi connectivity index (χ0) is 23.8. The highest BCUT2D eigenvalue weighted by molar-refractivity contribution is 6.12. The first-order valence-corrected chi connectivity index (χ1v) is 11.6. The zero-order valence-electron chi connectivity index (χ0n) is 19.7. The van der Waals surface area contributed by atoms with Gasteiger partial charge in [-0.05, 0) is 67.3 Å². The van der Waals surface area contributed by atoms with Gasteiger partial charge in [-0.2, -0.15) is 5.10 Å². The highest BCUT2D eigenvalue weighted by Gasteiger charge is 2.25. The van der Waals surface area contributed by atoms with Crippen molar-refractivity contribution in [3.8, 4) is 22.3 Å². The molecular weight excluding hydrogens is 429 g/mol. The van der Waals surface area contributed by atoms with Crippen molar-refractivity contribution in [1.82, 2.24) is 25.0 Å². The Morgan fingerprint density at radius 1 is 1.18 bits per heavy atom. The predicted molar refractivity (Wildman–Crippen MR) is 132 cm³/mol. The quantitative estimate of drug-likeness (QED) is 0.477. The van der Waals surface area contributed by atoms with Gasteiger partial charge in [0.2, 0.25) is 0 Å². The smallest absolute Gasteiger partial charge is 0.255 e. The van der Waals surface area contributed by atoms with Crippen LogP contribution in [0.5, 0.6) is 0 Å². The van der Waals surface area contributed by atoms with Crippen LogP contribution in [0, 0.1) is 12.7 Å². The maximum Gasteiger partial charge on any atom is 0.255 e. The molecule has 6 nitrogen and oxygen atoms in total. The van der Waals surface area contributed by atoms with Crippen LogP contribution in [0.25, 0.3) is 33.2 Å². The second-order valence-electron chi connectivity index (χ2n) is 9.18. The number of amides is 1. The Morgan fingerprint density at radius 3 is 2.74 bits per heavy atom. The van der Waals surface area contributed by atoms with E-state index in [0.717, 1.165) is 47.0 Å². The van der Waals surface area contributed by atoms with Crippen LogP contribution < -0.4 is 5.32 Å². The second-order valence-corrected chi connectivity index (χ2v) is 9.18. The molecule has 0 unspecified atom stereocenters. The Labute approximate surface area is 198 Å². The summed E-state index contributed by atoms with van der Waals surface area (Å²) in [5, 5.41) is 8.49. The fourth-order valence-electron chi connectivity index (χ4n) is 4.80. The van der Waals surface area contributed by atoms with Gasteiger partial charge in [0, 0.05) is 55.6 Å². The number of carbonyl (C=O) groups is 1. The number of carbonyl (C=O) groups excluding carboxylic acids is 1. The lowest BCUT2D eigenvalue weighted by atomic mass is 9.94. The van der Waals surface area contributed by atoms with E-state index in [1.165, 1.54) is 12.1 Å². The van der Waals surface area contributed by atoms with E-state index in [1.54, 1.807) is 22.0 Å². The Bertz CT molecular complexity index is 1350. The molecule has 34 heavy (non-hydrogen) atoms. The van der Waals surface area contributed by atoms with Gasteiger partial charge in [-0.3, -0.25) is 14.5 Å². The standard InChI is InChI=1S/C27H28FN5O/c1-17-9-19(11-21(28)10-17)24-14-30-25-7-6-18(20-13-31-33(3)15-20)12-23(25)26(24)27(34)32(2)16-22-5-4-8-29-22/h6-7,9-15,22,29H,4-5,8,16H2,1-3H3/t22-/m0/s1. The van der Waals surface area contributed by atoms with Gasteiger partial charge < -0.3 is 10.2 Å². The number of nitrogens with zero attached hydrogens (tertiary/aromatic N) is 4. The van der Waals surface area contributed by atoms with Crippen LogP contribution in [0.15, 0.2) is 55.0 Å². The van der Waals surface area contributed by atoms with Crippen LogP contribution in [0.3, 0.4) is 0 Å². The molecule has 1 saturated heterocycles. The van der Waals surface area contributed by atoms with Crippen molar-refractivity contribution in [1.29, 1.82) is 0 Å². The fraction of sp³-hybridized carbons (Fsp3) is 0.296. The highest BCUT2D eigenvalue weighted by Crippen LogP contribution is 2.33. The first-order chi connectivity index (χ1) is 16.4. The molecule has 3 heterocycles. The first-order valence-electron chi connectivity index (χ1n) is 11.6. The predicted octanol–water partition coefficient (Wildman–Crippen LogP) is 4.57. The largest absolute Gasteiger partial charge is 0.340 e. The van der Waals surface area contributed by atoms with Crippen molar-refractivity contribution in [2.75, 3.05) is 20.1 Å². The van der Waals surface area contributed by atoms with Gasteiger partial charge in [0.15, 0.2) is 0 Å². The van der Waals surface area contributed by atoms with E-state index in [-0.39, 0.29) is 17.8 Å². The summed E-state index contributed by atoms with van der Waals surface area (Å²) >= 11 is 0. The third kappa shape index (κ3) is 4.31. The number of hydrogen-bond donors (Lipinski definition) is 1. The number of nitrogens with one attached hydrogen (secondary N) is 1. The van der Waals surface area contributed by atoms with E-state index in [2.05, 4.69) is 15.4 Å². The van der Waals surface area contributed by atoms with Crippen molar-refractivity contribution in [2.45, 2.75) is 25.8 Å². The topological polar surface area (TPSA) is 63.1 Å². The van der Waals surface area contributed by atoms with Gasteiger partial charge in [-0.1, -0.05) is 12.1 Å². The molecule has 0 aliphatic carbocycles. The van der Waals surface area contributed by atoms with Crippen LogP contribution >= 0.6 is 0 Å². The van der Waals surface area contributed by atoms with Gasteiger partial charge in [0.25, 0.3) is 5.91 Å². The summed E-state index contributed by atoms with van der Waals surface area (Å²) in [7, 11) is 3.71. The minimum atomic E-state index is -0.332. The fourth-order valence-corrected chi connectivity index (χ4v) is 4.80. The zero-order valence-corrected chi connectivity index (χ0v) is 19.7. The number of fused-ring (bicyclic) bond motifs is 1. The Morgan fingerprint density at radius 2 is 2.03 bits per heavy atom. The SMILES string of the molecule is Cc1cc(F)cc(-c2cnc3ccc(-c4cnn(C)c4)cc3c2C(=O)N(C)C[C@@H]2CCCN2)c1. The number of benzene rings is 2. The molecule has 1 amide bonds. The maximum absolute atomic E-state index is 14.3. The van der Waals surface area contributed by atoms with Crippen molar-refractivity contribution in [2.24, 2.45) is 7.05 Å². The number of halogens is 1. The van der Waals surface area contributed by atoms with E-state index in [9.17, 15) is 9.18 Å². The second kappa shape index (κ2) is 8.99. The summed E-state index contributed by atoms with van der Waals surface area (Å²) < 4.78 is 16.1. The molecule has 7 heteroatoms. The molecular formula is C27H28FN5O. The molecule has 0 bridgehead atoms. The summed E-state index contributed by atoms with van der Waals surface area (Å²) in [5.41, 5.74) is 5.24. The van der Waals surface area contributed by atoms with Gasteiger partial charge in [-0.15, -0.1) is 0 Å². The molecule has 0 spiro atoms. The number of likely N-dealkylation sites (N-methyl/N-ethyl adjacent to an activating group) is 1. The van der Waals surface area contributed by atoms with E-state index >= 15 is 0 Å². The van der Waals surface area contributed by atoms with Crippen LogP contribution in [-0.4, -0.2) is 51.8 Å². The Hall–Kier alpha value is -3.58. The number of rotatable bonds is 5. The average Bonchev–Trinajstić information content (AvgIpc) is 3.48. The molecule has 5 rings (SSSR count). The van der Waals surface area contributed by atoms with Gasteiger partial charge >= 0.3 is 0 Å². The molecule has 1 aliphatic heterocycles. The summed E-state index contributed by atoms with van der Waals surface area (Å²) in [6.07, 6.45) is 7.60.